The molecule has 0 saturated heterocycles. The summed E-state index contributed by atoms with van der Waals surface area (Å²) in [6, 6.07) is 12.6. The minimum Gasteiger partial charge on any atom is -0.349 e. The molecular weight excluding hydrogens is 324 g/mol. The quantitative estimate of drug-likeness (QED) is 0.869. The molecule has 6 nitrogen and oxygen atoms in total. The molecule has 1 aliphatic rings. The maximum absolute atomic E-state index is 12.3. The Morgan fingerprint density at radius 1 is 1.29 bits per heavy atom. The lowest BCUT2D eigenvalue weighted by molar-refractivity contribution is -0.120. The van der Waals surface area contributed by atoms with Crippen molar-refractivity contribution >= 4 is 34.7 Å². The molecule has 7 heteroatoms. The van der Waals surface area contributed by atoms with Crippen molar-refractivity contribution < 1.29 is 9.59 Å². The number of nitrogens with zero attached hydrogens (tertiary/aromatic N) is 2. The van der Waals surface area contributed by atoms with Crippen LogP contribution in [0.25, 0.3) is 0 Å². The monoisotopic (exact) mass is 342 g/mol. The molecule has 24 heavy (non-hydrogen) atoms. The first kappa shape index (κ1) is 16.2. The number of anilines is 1. The van der Waals surface area contributed by atoms with Gasteiger partial charge in [-0.3, -0.25) is 15.0 Å². The summed E-state index contributed by atoms with van der Waals surface area (Å²) in [6.45, 7) is 2.20. The number of carbonyl (C=O) groups excluding carboxylic acids is 2. The summed E-state index contributed by atoms with van der Waals surface area (Å²) < 4.78 is 0. The zero-order valence-electron chi connectivity index (χ0n) is 13.2. The molecule has 0 saturated carbocycles. The van der Waals surface area contributed by atoms with E-state index in [1.807, 2.05) is 35.7 Å². The Kier molecular flexibility index (Phi) is 4.90. The maximum atomic E-state index is 12.3. The van der Waals surface area contributed by atoms with E-state index in [2.05, 4.69) is 15.7 Å². The summed E-state index contributed by atoms with van der Waals surface area (Å²) in [7, 11) is 0. The number of benzene rings is 1. The van der Waals surface area contributed by atoms with Gasteiger partial charge >= 0.3 is 0 Å². The van der Waals surface area contributed by atoms with E-state index in [9.17, 15) is 9.59 Å². The number of carbonyl (C=O) groups is 2. The van der Waals surface area contributed by atoms with Gasteiger partial charge in [0.2, 0.25) is 5.84 Å². The van der Waals surface area contributed by atoms with Crippen molar-refractivity contribution in [2.24, 2.45) is 4.99 Å². The normalized spacial score (nSPS) is 17.2. The van der Waals surface area contributed by atoms with Crippen molar-refractivity contribution in [1.82, 2.24) is 10.7 Å². The van der Waals surface area contributed by atoms with E-state index >= 15 is 0 Å². The largest absolute Gasteiger partial charge is 0.349 e. The van der Waals surface area contributed by atoms with Gasteiger partial charge in [0.1, 0.15) is 6.04 Å². The predicted molar refractivity (Wildman–Crippen MR) is 95.0 cm³/mol. The molecule has 3 rings (SSSR count). The van der Waals surface area contributed by atoms with Crippen LogP contribution in [0.5, 0.6) is 0 Å². The Morgan fingerprint density at radius 2 is 2.08 bits per heavy atom. The fraction of sp³-hybridized carbons (Fsp3) is 0.235. The van der Waals surface area contributed by atoms with Crippen molar-refractivity contribution in [1.29, 1.82) is 0 Å². The highest BCUT2D eigenvalue weighted by Gasteiger charge is 2.30. The van der Waals surface area contributed by atoms with E-state index < -0.39 is 6.04 Å². The summed E-state index contributed by atoms with van der Waals surface area (Å²) in [5.41, 5.74) is 3.49. The van der Waals surface area contributed by atoms with Crippen molar-refractivity contribution in [2.45, 2.75) is 19.4 Å². The van der Waals surface area contributed by atoms with Crippen LogP contribution in [0.3, 0.4) is 0 Å². The number of amidine groups is 1. The second kappa shape index (κ2) is 7.27. The first-order chi connectivity index (χ1) is 11.6. The van der Waals surface area contributed by atoms with Gasteiger partial charge in [-0.25, -0.2) is 10.0 Å². The lowest BCUT2D eigenvalue weighted by Gasteiger charge is -2.30. The van der Waals surface area contributed by atoms with Gasteiger partial charge in [-0.05, 0) is 36.9 Å². The third-order valence-electron chi connectivity index (χ3n) is 3.58. The highest BCUT2D eigenvalue weighted by Crippen LogP contribution is 2.15. The number of para-hydroxylation sites is 1. The van der Waals surface area contributed by atoms with E-state index in [1.165, 1.54) is 9.89 Å². The first-order valence-corrected chi connectivity index (χ1v) is 8.57. The third-order valence-corrected chi connectivity index (χ3v) is 4.52. The number of hydrogen-bond acceptors (Lipinski definition) is 5. The van der Waals surface area contributed by atoms with Crippen LogP contribution < -0.4 is 15.8 Å². The van der Waals surface area contributed by atoms with Crippen LogP contribution in [-0.4, -0.2) is 30.2 Å². The number of hydrogen-bond donors (Lipinski definition) is 2. The Balaban J connectivity index is 1.65. The lowest BCUT2D eigenvalue weighted by atomic mass is 10.2. The molecule has 1 aliphatic heterocycles. The molecule has 2 amide bonds. The molecule has 1 aromatic heterocycles. The first-order valence-electron chi connectivity index (χ1n) is 7.69. The van der Waals surface area contributed by atoms with Crippen molar-refractivity contribution in [3.05, 3.63) is 52.7 Å². The van der Waals surface area contributed by atoms with Crippen LogP contribution in [-0.2, 0) is 16.0 Å². The molecule has 2 heterocycles. The molecule has 1 atom stereocenters. The average molecular weight is 342 g/mol. The van der Waals surface area contributed by atoms with Gasteiger partial charge in [-0.1, -0.05) is 24.3 Å². The predicted octanol–water partition coefficient (Wildman–Crippen LogP) is 1.75. The summed E-state index contributed by atoms with van der Waals surface area (Å²) in [4.78, 5) is 30.0. The summed E-state index contributed by atoms with van der Waals surface area (Å²) in [5, 5.41) is 6.21. The van der Waals surface area contributed by atoms with Gasteiger partial charge in [0.25, 0.3) is 11.8 Å². The molecule has 0 aliphatic carbocycles. The summed E-state index contributed by atoms with van der Waals surface area (Å²) in [6.07, 6.45) is 0.771. The Hall–Kier alpha value is -2.67. The van der Waals surface area contributed by atoms with E-state index in [-0.39, 0.29) is 17.6 Å². The third kappa shape index (κ3) is 3.62. The van der Waals surface area contributed by atoms with Crippen molar-refractivity contribution in [2.75, 3.05) is 11.6 Å². The van der Waals surface area contributed by atoms with Crippen molar-refractivity contribution in [3.63, 3.8) is 0 Å². The highest BCUT2D eigenvalue weighted by atomic mass is 32.1. The van der Waals surface area contributed by atoms with Gasteiger partial charge in [-0.2, -0.15) is 0 Å². The molecule has 0 unspecified atom stereocenters. The zero-order chi connectivity index (χ0) is 16.9. The Morgan fingerprint density at radius 3 is 2.79 bits per heavy atom. The zero-order valence-corrected chi connectivity index (χ0v) is 14.0. The molecule has 2 N–H and O–H groups in total. The average Bonchev–Trinajstić information content (AvgIpc) is 3.11. The Labute approximate surface area is 144 Å². The number of hydrazine groups is 1. The number of nitrogens with one attached hydrogen (secondary N) is 2. The standard InChI is InChI=1S/C17H18N4O2S/c1-12-17(23)21(13-6-3-2-4-7-13)20-15(19-12)16(22)18-10-9-14-8-5-11-24-14/h2-8,11-12H,9-10H2,1H3,(H,18,22)(H,19,20)/t12-/m0/s1. The van der Waals surface area contributed by atoms with Gasteiger partial charge < -0.3 is 5.32 Å². The molecule has 0 fully saturated rings. The Bertz CT molecular complexity index is 743. The number of rotatable bonds is 5. The lowest BCUT2D eigenvalue weighted by Crippen LogP contribution is -2.58. The molecule has 1 aromatic carbocycles. The van der Waals surface area contributed by atoms with Gasteiger partial charge in [0.15, 0.2) is 0 Å². The smallest absolute Gasteiger partial charge is 0.288 e. The second-order valence-corrected chi connectivity index (χ2v) is 6.39. The molecule has 0 bridgehead atoms. The highest BCUT2D eigenvalue weighted by molar-refractivity contribution is 7.09. The number of amides is 2. The minimum absolute atomic E-state index is 0.150. The van der Waals surface area contributed by atoms with E-state index in [1.54, 1.807) is 30.4 Å². The summed E-state index contributed by atoms with van der Waals surface area (Å²) in [5.74, 6) is -0.361. The van der Waals surface area contributed by atoms with Crippen LogP contribution >= 0.6 is 11.3 Å². The SMILES string of the molecule is C[C@@H]1N=C(C(=O)NCCc2cccs2)NN(c2ccccc2)C1=O. The fourth-order valence-electron chi connectivity index (χ4n) is 2.34. The van der Waals surface area contributed by atoms with Crippen LogP contribution in [0.15, 0.2) is 52.8 Å². The second-order valence-electron chi connectivity index (χ2n) is 5.36. The minimum atomic E-state index is -0.607. The molecular formula is C17H18N4O2S. The molecule has 0 spiro atoms. The van der Waals surface area contributed by atoms with Gasteiger partial charge in [0, 0.05) is 11.4 Å². The van der Waals surface area contributed by atoms with Crippen molar-refractivity contribution in [3.8, 4) is 0 Å². The topological polar surface area (TPSA) is 73.8 Å². The van der Waals surface area contributed by atoms with E-state index in [4.69, 9.17) is 0 Å². The number of thiophene rings is 1. The fourth-order valence-corrected chi connectivity index (χ4v) is 3.05. The van der Waals surface area contributed by atoms with Gasteiger partial charge in [-0.15, -0.1) is 11.3 Å². The van der Waals surface area contributed by atoms with Crippen LogP contribution in [0.1, 0.15) is 11.8 Å². The number of aliphatic imine (C=N–C) groups is 1. The molecule has 0 radical (unpaired) electrons. The molecule has 124 valence electrons. The van der Waals surface area contributed by atoms with Crippen LogP contribution in [0.4, 0.5) is 5.69 Å². The van der Waals surface area contributed by atoms with Gasteiger partial charge in [0.05, 0.1) is 5.69 Å². The maximum Gasteiger partial charge on any atom is 0.288 e. The summed E-state index contributed by atoms with van der Waals surface area (Å²) >= 11 is 1.66. The van der Waals surface area contributed by atoms with E-state index in [0.717, 1.165) is 6.42 Å². The van der Waals surface area contributed by atoms with Crippen LogP contribution in [0.2, 0.25) is 0 Å². The molecule has 2 aromatic rings. The van der Waals surface area contributed by atoms with E-state index in [0.29, 0.717) is 12.2 Å². The van der Waals surface area contributed by atoms with Crippen LogP contribution in [0, 0.1) is 0 Å².